The van der Waals surface area contributed by atoms with E-state index >= 15 is 0 Å². The van der Waals surface area contributed by atoms with Crippen molar-refractivity contribution in [3.63, 3.8) is 0 Å². The summed E-state index contributed by atoms with van der Waals surface area (Å²) in [6, 6.07) is 12.9. The molecule has 1 saturated heterocycles. The third-order valence-electron chi connectivity index (χ3n) is 6.43. The van der Waals surface area contributed by atoms with Crippen LogP contribution >= 0.6 is 34.5 Å². The monoisotopic (exact) mass is 499 g/mol. The second-order valence-electron chi connectivity index (χ2n) is 8.80. The molecule has 1 saturated carbocycles. The molecular formula is C25H23Cl2N3O2S. The van der Waals surface area contributed by atoms with Gasteiger partial charge in [-0.1, -0.05) is 53.0 Å². The highest BCUT2D eigenvalue weighted by molar-refractivity contribution is 7.15. The Kier molecular flexibility index (Phi) is 5.93. The van der Waals surface area contributed by atoms with Crippen LogP contribution in [0.4, 0.5) is 0 Å². The van der Waals surface area contributed by atoms with E-state index in [9.17, 15) is 9.59 Å². The highest BCUT2D eigenvalue weighted by Gasteiger charge is 2.54. The lowest BCUT2D eigenvalue weighted by atomic mass is 10.1. The molecule has 1 aliphatic heterocycles. The maximum Gasteiger partial charge on any atom is 0.274 e. The number of rotatable bonds is 5. The fourth-order valence-corrected chi connectivity index (χ4v) is 5.90. The number of hydrogen-bond acceptors (Lipinski definition) is 4. The Morgan fingerprint density at radius 2 is 1.97 bits per heavy atom. The molecule has 1 aromatic heterocycles. The lowest BCUT2D eigenvalue weighted by Crippen LogP contribution is -2.45. The van der Waals surface area contributed by atoms with E-state index in [1.54, 1.807) is 29.5 Å². The van der Waals surface area contributed by atoms with Gasteiger partial charge in [0.2, 0.25) is 0 Å². The molecule has 3 aromatic rings. The highest BCUT2D eigenvalue weighted by atomic mass is 35.5. The molecule has 2 amide bonds. The number of aryl methyl sites for hydroxylation is 2. The lowest BCUT2D eigenvalue weighted by molar-refractivity contribution is 0.0690. The van der Waals surface area contributed by atoms with Crippen LogP contribution < -0.4 is 5.32 Å². The first-order valence-electron chi connectivity index (χ1n) is 10.9. The molecule has 2 aromatic carbocycles. The largest absolute Gasteiger partial charge is 0.350 e. The van der Waals surface area contributed by atoms with Crippen LogP contribution in [0.15, 0.2) is 42.5 Å². The summed E-state index contributed by atoms with van der Waals surface area (Å²) in [5, 5.41) is 4.60. The van der Waals surface area contributed by atoms with Crippen molar-refractivity contribution in [1.82, 2.24) is 15.2 Å². The average Bonchev–Trinajstić information content (AvgIpc) is 3.30. The highest BCUT2D eigenvalue weighted by Crippen LogP contribution is 2.50. The number of carbonyl (C=O) groups excluding carboxylic acids is 2. The summed E-state index contributed by atoms with van der Waals surface area (Å²) in [6.45, 7) is 5.08. The number of aromatic nitrogens is 1. The van der Waals surface area contributed by atoms with Gasteiger partial charge in [-0.3, -0.25) is 9.59 Å². The van der Waals surface area contributed by atoms with Gasteiger partial charge >= 0.3 is 0 Å². The summed E-state index contributed by atoms with van der Waals surface area (Å²) in [6.07, 6.45) is 1.10. The van der Waals surface area contributed by atoms with Crippen molar-refractivity contribution < 1.29 is 9.59 Å². The molecular weight excluding hydrogens is 477 g/mol. The maximum atomic E-state index is 13.6. The summed E-state index contributed by atoms with van der Waals surface area (Å²) < 4.78 is 0. The number of amides is 2. The second kappa shape index (κ2) is 8.75. The van der Waals surface area contributed by atoms with Crippen LogP contribution in [-0.2, 0) is 0 Å². The molecule has 1 N–H and O–H groups in total. The van der Waals surface area contributed by atoms with Crippen molar-refractivity contribution in [1.29, 1.82) is 0 Å². The molecule has 2 aliphatic rings. The zero-order chi connectivity index (χ0) is 23.3. The Hall–Kier alpha value is -2.41. The van der Waals surface area contributed by atoms with Gasteiger partial charge in [0, 0.05) is 18.7 Å². The Morgan fingerprint density at radius 3 is 2.73 bits per heavy atom. The SMILES string of the molecule is Cc1cccc(-c2sc(C)nc2C(=O)N2C[C@H]3CC3[C@H]2CNC(=O)c2ccc(Cl)c(Cl)c2)c1. The van der Waals surface area contributed by atoms with E-state index in [4.69, 9.17) is 23.2 Å². The van der Waals surface area contributed by atoms with Crippen molar-refractivity contribution in [3.05, 3.63) is 74.3 Å². The predicted octanol–water partition coefficient (Wildman–Crippen LogP) is 5.62. The smallest absolute Gasteiger partial charge is 0.274 e. The Labute approximate surface area is 206 Å². The summed E-state index contributed by atoms with van der Waals surface area (Å²) in [7, 11) is 0. The van der Waals surface area contributed by atoms with Crippen LogP contribution in [0.5, 0.6) is 0 Å². The van der Waals surface area contributed by atoms with E-state index in [1.165, 1.54) is 0 Å². The van der Waals surface area contributed by atoms with Gasteiger partial charge < -0.3 is 10.2 Å². The number of thiazole rings is 1. The minimum atomic E-state index is -0.227. The van der Waals surface area contributed by atoms with Crippen LogP contribution in [0, 0.1) is 25.7 Å². The fraction of sp³-hybridized carbons (Fsp3) is 0.320. The molecule has 8 heteroatoms. The first-order chi connectivity index (χ1) is 15.8. The lowest BCUT2D eigenvalue weighted by Gasteiger charge is -2.27. The van der Waals surface area contributed by atoms with Crippen LogP contribution in [0.2, 0.25) is 10.0 Å². The van der Waals surface area contributed by atoms with Crippen molar-refractivity contribution >= 4 is 46.4 Å². The number of piperidine rings is 1. The number of nitrogens with zero attached hydrogens (tertiary/aromatic N) is 2. The molecule has 1 unspecified atom stereocenters. The summed E-state index contributed by atoms with van der Waals surface area (Å²) >= 11 is 13.6. The van der Waals surface area contributed by atoms with Gasteiger partial charge in [0.05, 0.1) is 26.0 Å². The first-order valence-corrected chi connectivity index (χ1v) is 12.5. The number of benzene rings is 2. The van der Waals surface area contributed by atoms with Gasteiger partial charge in [-0.15, -0.1) is 11.3 Å². The minimum absolute atomic E-state index is 0.0402. The summed E-state index contributed by atoms with van der Waals surface area (Å²) in [5.41, 5.74) is 3.11. The molecule has 5 rings (SSSR count). The van der Waals surface area contributed by atoms with Gasteiger partial charge in [-0.25, -0.2) is 4.98 Å². The predicted molar refractivity (Wildman–Crippen MR) is 132 cm³/mol. The van der Waals surface area contributed by atoms with Crippen molar-refractivity contribution in [3.8, 4) is 10.4 Å². The Bertz CT molecular complexity index is 1260. The minimum Gasteiger partial charge on any atom is -0.350 e. The third kappa shape index (κ3) is 4.39. The molecule has 2 fully saturated rings. The van der Waals surface area contributed by atoms with Crippen LogP contribution in [-0.4, -0.2) is 40.8 Å². The normalized spacial score (nSPS) is 21.1. The molecule has 0 bridgehead atoms. The molecule has 1 aliphatic carbocycles. The van der Waals surface area contributed by atoms with E-state index in [-0.39, 0.29) is 17.9 Å². The van der Waals surface area contributed by atoms with Gasteiger partial charge in [0.15, 0.2) is 0 Å². The van der Waals surface area contributed by atoms with E-state index in [2.05, 4.69) is 16.4 Å². The zero-order valence-electron chi connectivity index (χ0n) is 18.3. The first kappa shape index (κ1) is 22.4. The van der Waals surface area contributed by atoms with Crippen molar-refractivity contribution in [2.45, 2.75) is 26.3 Å². The zero-order valence-corrected chi connectivity index (χ0v) is 20.6. The number of hydrogen-bond donors (Lipinski definition) is 1. The van der Waals surface area contributed by atoms with E-state index in [0.717, 1.165) is 27.4 Å². The molecule has 170 valence electrons. The van der Waals surface area contributed by atoms with E-state index in [0.29, 0.717) is 46.2 Å². The molecule has 2 heterocycles. The summed E-state index contributed by atoms with van der Waals surface area (Å²) in [5.74, 6) is 0.639. The van der Waals surface area contributed by atoms with Crippen LogP contribution in [0.1, 0.15) is 37.8 Å². The number of carbonyl (C=O) groups is 2. The number of halogens is 2. The van der Waals surface area contributed by atoms with Gasteiger partial charge in [0.25, 0.3) is 11.8 Å². The van der Waals surface area contributed by atoms with Crippen molar-refractivity contribution in [2.75, 3.05) is 13.1 Å². The van der Waals surface area contributed by atoms with E-state index in [1.807, 2.05) is 36.9 Å². The molecule has 3 atom stereocenters. The van der Waals surface area contributed by atoms with Crippen molar-refractivity contribution in [2.24, 2.45) is 11.8 Å². The fourth-order valence-electron chi connectivity index (χ4n) is 4.69. The molecule has 0 spiro atoms. The second-order valence-corrected chi connectivity index (χ2v) is 10.8. The number of fused-ring (bicyclic) bond motifs is 1. The van der Waals surface area contributed by atoms with Crippen LogP contribution in [0.25, 0.3) is 10.4 Å². The Balaban J connectivity index is 1.35. The Morgan fingerprint density at radius 1 is 1.15 bits per heavy atom. The van der Waals surface area contributed by atoms with Gasteiger partial charge in [-0.2, -0.15) is 0 Å². The molecule has 0 radical (unpaired) electrons. The summed E-state index contributed by atoms with van der Waals surface area (Å²) in [4.78, 5) is 33.7. The average molecular weight is 500 g/mol. The molecule has 5 nitrogen and oxygen atoms in total. The maximum absolute atomic E-state index is 13.6. The molecule has 33 heavy (non-hydrogen) atoms. The van der Waals surface area contributed by atoms with E-state index < -0.39 is 0 Å². The number of nitrogens with one attached hydrogen (secondary N) is 1. The van der Waals surface area contributed by atoms with Crippen LogP contribution in [0.3, 0.4) is 0 Å². The standard InChI is InChI=1S/C25H23Cl2N3O2S/c1-13-4-3-5-15(8-13)23-22(29-14(2)33-23)25(32)30-12-17-9-18(17)21(30)11-28-24(31)16-6-7-19(26)20(27)10-16/h3-8,10,17-18,21H,9,11-12H2,1-2H3,(H,28,31)/t17-,18?,21-/m1/s1. The number of likely N-dealkylation sites (tertiary alicyclic amines) is 1. The quantitative estimate of drug-likeness (QED) is 0.495. The van der Waals surface area contributed by atoms with Gasteiger partial charge in [-0.05, 0) is 55.9 Å². The third-order valence-corrected chi connectivity index (χ3v) is 8.19. The van der Waals surface area contributed by atoms with Gasteiger partial charge in [0.1, 0.15) is 5.69 Å². The topological polar surface area (TPSA) is 62.3 Å².